The van der Waals surface area contributed by atoms with Gasteiger partial charge in [-0.1, -0.05) is 32.0 Å². The summed E-state index contributed by atoms with van der Waals surface area (Å²) in [5.74, 6) is -1.10. The maximum absolute atomic E-state index is 12.8. The van der Waals surface area contributed by atoms with Gasteiger partial charge in [0, 0.05) is 12.0 Å². The fourth-order valence-corrected chi connectivity index (χ4v) is 4.41. The van der Waals surface area contributed by atoms with Gasteiger partial charge >= 0.3 is 6.18 Å². The van der Waals surface area contributed by atoms with Gasteiger partial charge in [0.05, 0.1) is 23.0 Å². The number of carbonyl (C=O) groups excluding carboxylic acids is 1. The smallest absolute Gasteiger partial charge is 0.355 e. The van der Waals surface area contributed by atoms with E-state index in [1.807, 2.05) is 0 Å². The zero-order chi connectivity index (χ0) is 18.2. The lowest BCUT2D eigenvalue weighted by atomic mass is 9.83. The molecular weight excluding hydrogens is 343 g/mol. The van der Waals surface area contributed by atoms with Crippen LogP contribution in [0.3, 0.4) is 0 Å². The zero-order valence-electron chi connectivity index (χ0n) is 13.5. The first-order chi connectivity index (χ1) is 10.9. The van der Waals surface area contributed by atoms with Crippen LogP contribution in [0.5, 0.6) is 0 Å². The molecule has 1 N–H and O–H groups in total. The maximum Gasteiger partial charge on any atom is 0.416 e. The Morgan fingerprint density at radius 1 is 1.25 bits per heavy atom. The van der Waals surface area contributed by atoms with E-state index in [4.69, 9.17) is 0 Å². The van der Waals surface area contributed by atoms with Crippen molar-refractivity contribution >= 4 is 15.7 Å². The number of rotatable bonds is 4. The highest BCUT2D eigenvalue weighted by atomic mass is 32.2. The Hall–Kier alpha value is -1.57. The molecule has 0 spiro atoms. The number of alkyl halides is 3. The second-order valence-electron chi connectivity index (χ2n) is 6.78. The van der Waals surface area contributed by atoms with Crippen LogP contribution in [-0.2, 0) is 26.2 Å². The first kappa shape index (κ1) is 18.8. The molecule has 0 bridgehead atoms. The lowest BCUT2D eigenvalue weighted by Gasteiger charge is -2.27. The summed E-state index contributed by atoms with van der Waals surface area (Å²) < 4.78 is 61.3. The van der Waals surface area contributed by atoms with Crippen molar-refractivity contribution in [2.75, 3.05) is 18.1 Å². The minimum atomic E-state index is -4.42. The van der Waals surface area contributed by atoms with Gasteiger partial charge in [0.1, 0.15) is 0 Å². The van der Waals surface area contributed by atoms with Crippen LogP contribution < -0.4 is 5.32 Å². The molecule has 8 heteroatoms. The number of sulfone groups is 1. The molecule has 1 saturated heterocycles. The highest BCUT2D eigenvalue weighted by molar-refractivity contribution is 7.91. The molecule has 0 radical (unpaired) electrons. The molecule has 2 rings (SSSR count). The molecule has 1 aromatic rings. The Morgan fingerprint density at radius 3 is 2.42 bits per heavy atom. The standard InChI is InChI=1S/C16H20F3NO3S/c1-15(2,12-4-3-5-13(8-12)16(17,18)19)10-20-14(21)11-6-7-24(22,23)9-11/h3-5,8,11H,6-7,9-10H2,1-2H3,(H,20,21). The quantitative estimate of drug-likeness (QED) is 0.894. The highest BCUT2D eigenvalue weighted by Crippen LogP contribution is 2.32. The Morgan fingerprint density at radius 2 is 1.88 bits per heavy atom. The fraction of sp³-hybridized carbons (Fsp3) is 0.562. The maximum atomic E-state index is 12.8. The number of hydrogen-bond donors (Lipinski definition) is 1. The minimum Gasteiger partial charge on any atom is -0.355 e. The fourth-order valence-electron chi connectivity index (χ4n) is 2.67. The van der Waals surface area contributed by atoms with E-state index in [0.717, 1.165) is 12.1 Å². The largest absolute Gasteiger partial charge is 0.416 e. The molecule has 4 nitrogen and oxygen atoms in total. The van der Waals surface area contributed by atoms with E-state index in [2.05, 4.69) is 5.32 Å². The third kappa shape index (κ3) is 4.49. The molecule has 134 valence electrons. The Bertz CT molecular complexity index is 726. The van der Waals surface area contributed by atoms with Crippen molar-refractivity contribution in [1.29, 1.82) is 0 Å². The average Bonchev–Trinajstić information content (AvgIpc) is 2.84. The van der Waals surface area contributed by atoms with Crippen molar-refractivity contribution in [3.8, 4) is 0 Å². The summed E-state index contributed by atoms with van der Waals surface area (Å²) in [7, 11) is -3.15. The number of amides is 1. The van der Waals surface area contributed by atoms with E-state index in [1.165, 1.54) is 6.07 Å². The molecule has 1 aliphatic rings. The summed E-state index contributed by atoms with van der Waals surface area (Å²) in [4.78, 5) is 12.1. The summed E-state index contributed by atoms with van der Waals surface area (Å²) >= 11 is 0. The van der Waals surface area contributed by atoms with Gasteiger partial charge in [-0.15, -0.1) is 0 Å². The number of benzene rings is 1. The van der Waals surface area contributed by atoms with Crippen molar-refractivity contribution in [2.45, 2.75) is 31.9 Å². The van der Waals surface area contributed by atoms with Crippen LogP contribution in [-0.4, -0.2) is 32.4 Å². The lowest BCUT2D eigenvalue weighted by Crippen LogP contribution is -2.40. The van der Waals surface area contributed by atoms with Gasteiger partial charge in [0.15, 0.2) is 9.84 Å². The predicted octanol–water partition coefficient (Wildman–Crippen LogP) is 2.53. The van der Waals surface area contributed by atoms with E-state index >= 15 is 0 Å². The number of hydrogen-bond acceptors (Lipinski definition) is 3. The molecule has 1 amide bonds. The topological polar surface area (TPSA) is 63.2 Å². The Kier molecular flexibility index (Phi) is 4.99. The third-order valence-electron chi connectivity index (χ3n) is 4.28. The first-order valence-corrected chi connectivity index (χ1v) is 9.39. The summed E-state index contributed by atoms with van der Waals surface area (Å²) in [6.45, 7) is 3.59. The van der Waals surface area contributed by atoms with E-state index in [1.54, 1.807) is 19.9 Å². The molecule has 1 aliphatic heterocycles. The Labute approximate surface area is 139 Å². The number of nitrogens with one attached hydrogen (secondary N) is 1. The van der Waals surface area contributed by atoms with Gasteiger partial charge in [-0.3, -0.25) is 4.79 Å². The molecule has 1 unspecified atom stereocenters. The highest BCUT2D eigenvalue weighted by Gasteiger charge is 2.35. The van der Waals surface area contributed by atoms with Crippen molar-refractivity contribution < 1.29 is 26.4 Å². The second kappa shape index (κ2) is 6.38. The zero-order valence-corrected chi connectivity index (χ0v) is 14.3. The van der Waals surface area contributed by atoms with E-state index in [-0.39, 0.29) is 30.4 Å². The van der Waals surface area contributed by atoms with E-state index < -0.39 is 32.9 Å². The van der Waals surface area contributed by atoms with Crippen LogP contribution in [0.15, 0.2) is 24.3 Å². The van der Waals surface area contributed by atoms with E-state index in [9.17, 15) is 26.4 Å². The summed E-state index contributed by atoms with van der Waals surface area (Å²) in [5, 5.41) is 2.67. The molecular formula is C16H20F3NO3S. The summed E-state index contributed by atoms with van der Waals surface area (Å²) in [6.07, 6.45) is -4.13. The first-order valence-electron chi connectivity index (χ1n) is 7.57. The van der Waals surface area contributed by atoms with Crippen molar-refractivity contribution in [1.82, 2.24) is 5.32 Å². The van der Waals surface area contributed by atoms with Crippen LogP contribution in [0.1, 0.15) is 31.4 Å². The number of halogens is 3. The Balaban J connectivity index is 2.05. The molecule has 0 aliphatic carbocycles. The minimum absolute atomic E-state index is 0.00209. The average molecular weight is 363 g/mol. The second-order valence-corrected chi connectivity index (χ2v) is 9.01. The SMILES string of the molecule is CC(C)(CNC(=O)C1CCS(=O)(=O)C1)c1cccc(C(F)(F)F)c1. The van der Waals surface area contributed by atoms with Gasteiger partial charge in [0.25, 0.3) is 0 Å². The van der Waals surface area contributed by atoms with Crippen LogP contribution in [0.2, 0.25) is 0 Å². The van der Waals surface area contributed by atoms with Crippen molar-refractivity contribution in [2.24, 2.45) is 5.92 Å². The van der Waals surface area contributed by atoms with Crippen LogP contribution in [0.25, 0.3) is 0 Å². The van der Waals surface area contributed by atoms with Gasteiger partial charge in [-0.2, -0.15) is 13.2 Å². The molecule has 1 aromatic carbocycles. The van der Waals surface area contributed by atoms with Gasteiger partial charge in [-0.05, 0) is 18.1 Å². The monoisotopic (exact) mass is 363 g/mol. The summed E-state index contributed by atoms with van der Waals surface area (Å²) in [5.41, 5.74) is -0.994. The third-order valence-corrected chi connectivity index (χ3v) is 6.05. The summed E-state index contributed by atoms with van der Waals surface area (Å²) in [6, 6.07) is 5.00. The van der Waals surface area contributed by atoms with Crippen LogP contribution >= 0.6 is 0 Å². The van der Waals surface area contributed by atoms with Gasteiger partial charge in [0.2, 0.25) is 5.91 Å². The molecule has 24 heavy (non-hydrogen) atoms. The lowest BCUT2D eigenvalue weighted by molar-refractivity contribution is -0.137. The van der Waals surface area contributed by atoms with Crippen molar-refractivity contribution in [3.05, 3.63) is 35.4 Å². The normalized spacial score (nSPS) is 20.8. The van der Waals surface area contributed by atoms with Crippen LogP contribution in [0, 0.1) is 5.92 Å². The van der Waals surface area contributed by atoms with Crippen LogP contribution in [0.4, 0.5) is 13.2 Å². The molecule has 0 aromatic heterocycles. The van der Waals surface area contributed by atoms with Gasteiger partial charge in [-0.25, -0.2) is 8.42 Å². The number of carbonyl (C=O) groups is 1. The molecule has 1 heterocycles. The molecule has 1 fully saturated rings. The molecule has 1 atom stereocenters. The molecule has 0 saturated carbocycles. The predicted molar refractivity (Wildman–Crippen MR) is 84.2 cm³/mol. The van der Waals surface area contributed by atoms with Gasteiger partial charge < -0.3 is 5.32 Å². The van der Waals surface area contributed by atoms with E-state index in [0.29, 0.717) is 5.56 Å². The van der Waals surface area contributed by atoms with Crippen molar-refractivity contribution in [3.63, 3.8) is 0 Å².